The molecule has 0 amide bonds. The van der Waals surface area contributed by atoms with E-state index in [1.54, 1.807) is 0 Å². The third-order valence-corrected chi connectivity index (χ3v) is 1.99. The molecule has 0 saturated carbocycles. The third kappa shape index (κ3) is 5.18. The van der Waals surface area contributed by atoms with Crippen LogP contribution < -0.4 is 5.11 Å². The fourth-order valence-electron chi connectivity index (χ4n) is 1.17. The summed E-state index contributed by atoms with van der Waals surface area (Å²) >= 11 is 0. The van der Waals surface area contributed by atoms with Crippen molar-refractivity contribution in [1.82, 2.24) is 0 Å². The fourth-order valence-corrected chi connectivity index (χ4v) is 1.17. The molecule has 0 radical (unpaired) electrons. The van der Waals surface area contributed by atoms with E-state index >= 15 is 0 Å². The first-order valence-corrected chi connectivity index (χ1v) is 4.44. The van der Waals surface area contributed by atoms with Gasteiger partial charge < -0.3 is 25.5 Å². The van der Waals surface area contributed by atoms with E-state index in [9.17, 15) is 5.11 Å². The maximum absolute atomic E-state index is 11.0. The van der Waals surface area contributed by atoms with Crippen LogP contribution in [-0.2, 0) is 0 Å². The van der Waals surface area contributed by atoms with Gasteiger partial charge in [-0.3, -0.25) is 0 Å². The van der Waals surface area contributed by atoms with E-state index in [0.717, 1.165) is 0 Å². The Morgan fingerprint density at radius 3 is 1.64 bits per heavy atom. The quantitative estimate of drug-likeness (QED) is 0.359. The molecule has 0 spiro atoms. The van der Waals surface area contributed by atoms with E-state index in [4.69, 9.17) is 20.4 Å². The molecule has 0 aromatic rings. The smallest absolute Gasteiger partial charge is 0.0776 e. The van der Waals surface area contributed by atoms with E-state index in [0.29, 0.717) is 0 Å². The van der Waals surface area contributed by atoms with Crippen molar-refractivity contribution in [3.8, 4) is 0 Å². The van der Waals surface area contributed by atoms with Crippen LogP contribution in [0.5, 0.6) is 0 Å². The summed E-state index contributed by atoms with van der Waals surface area (Å²) in [7, 11) is 0. The third-order valence-electron chi connectivity index (χ3n) is 1.99. The average Bonchev–Trinajstić information content (AvgIpc) is 2.16. The van der Waals surface area contributed by atoms with E-state index in [2.05, 4.69) is 6.58 Å². The van der Waals surface area contributed by atoms with Gasteiger partial charge in [0.2, 0.25) is 0 Å². The zero-order valence-electron chi connectivity index (χ0n) is 7.96. The molecule has 0 bridgehead atoms. The van der Waals surface area contributed by atoms with Gasteiger partial charge in [-0.25, -0.2) is 0 Å². The molecular formula is C9H17O5-. The van der Waals surface area contributed by atoms with E-state index < -0.39 is 37.1 Å². The average molecular weight is 205 g/mol. The highest BCUT2D eigenvalue weighted by molar-refractivity contribution is 4.89. The molecule has 0 aliphatic heterocycles. The topological polar surface area (TPSA) is 104 Å². The summed E-state index contributed by atoms with van der Waals surface area (Å²) in [6.45, 7) is 2.33. The minimum Gasteiger partial charge on any atom is -0.876 e. The predicted molar refractivity (Wildman–Crippen MR) is 48.0 cm³/mol. The first kappa shape index (κ1) is 13.4. The van der Waals surface area contributed by atoms with Gasteiger partial charge in [-0.15, -0.1) is 12.3 Å². The molecule has 0 aromatic heterocycles. The van der Waals surface area contributed by atoms with Crippen LogP contribution in [0.4, 0.5) is 0 Å². The zero-order valence-corrected chi connectivity index (χ0v) is 7.96. The van der Waals surface area contributed by atoms with Gasteiger partial charge in [0.15, 0.2) is 0 Å². The van der Waals surface area contributed by atoms with Crippen molar-refractivity contribution in [2.45, 2.75) is 25.0 Å². The van der Waals surface area contributed by atoms with Gasteiger partial charge in [0.25, 0.3) is 0 Å². The molecule has 0 rings (SSSR count). The molecule has 2 unspecified atom stereocenters. The first-order valence-electron chi connectivity index (χ1n) is 4.44. The van der Waals surface area contributed by atoms with Gasteiger partial charge in [-0.1, -0.05) is 0 Å². The van der Waals surface area contributed by atoms with E-state index in [-0.39, 0.29) is 12.8 Å². The molecular weight excluding hydrogens is 188 g/mol. The summed E-state index contributed by atoms with van der Waals surface area (Å²) < 4.78 is 0. The lowest BCUT2D eigenvalue weighted by molar-refractivity contribution is -0.316. The van der Waals surface area contributed by atoms with Gasteiger partial charge in [-0.05, 0) is 18.8 Å². The minimum absolute atomic E-state index is 0.0515. The maximum atomic E-state index is 11.0. The van der Waals surface area contributed by atoms with E-state index in [1.807, 2.05) is 0 Å². The molecule has 0 fully saturated rings. The van der Waals surface area contributed by atoms with Crippen molar-refractivity contribution in [3.05, 3.63) is 12.3 Å². The maximum Gasteiger partial charge on any atom is 0.0776 e. The summed E-state index contributed by atoms with van der Waals surface area (Å²) in [5.41, 5.74) is 0. The highest BCUT2D eigenvalue weighted by Crippen LogP contribution is 2.18. The van der Waals surface area contributed by atoms with Crippen LogP contribution in [0.2, 0.25) is 0 Å². The molecule has 5 nitrogen and oxygen atoms in total. The second kappa shape index (κ2) is 6.78. The van der Waals surface area contributed by atoms with Crippen molar-refractivity contribution in [3.63, 3.8) is 0 Å². The number of aliphatic hydroxyl groups is 4. The second-order valence-electron chi connectivity index (χ2n) is 3.31. The lowest BCUT2D eigenvalue weighted by atomic mass is 9.94. The molecule has 5 heteroatoms. The number of rotatable bonds is 7. The van der Waals surface area contributed by atoms with Crippen LogP contribution in [0.25, 0.3) is 0 Å². The van der Waals surface area contributed by atoms with Gasteiger partial charge >= 0.3 is 0 Å². The summed E-state index contributed by atoms with van der Waals surface area (Å²) in [6, 6.07) is 0. The molecule has 0 aromatic carbocycles. The molecule has 0 aliphatic rings. The second-order valence-corrected chi connectivity index (χ2v) is 3.31. The lowest BCUT2D eigenvalue weighted by Gasteiger charge is -2.26. The SMILES string of the molecule is C=C([O-])C(CC(O)CO)CC(O)CO. The van der Waals surface area contributed by atoms with Crippen molar-refractivity contribution < 1.29 is 25.5 Å². The van der Waals surface area contributed by atoms with Crippen LogP contribution in [0, 0.1) is 5.92 Å². The summed E-state index contributed by atoms with van der Waals surface area (Å²) in [5, 5.41) is 46.3. The molecule has 4 N–H and O–H groups in total. The number of hydrogen-bond acceptors (Lipinski definition) is 5. The Morgan fingerprint density at radius 1 is 1.07 bits per heavy atom. The Morgan fingerprint density at radius 2 is 1.43 bits per heavy atom. The number of aliphatic hydroxyl groups excluding tert-OH is 4. The van der Waals surface area contributed by atoms with Crippen molar-refractivity contribution >= 4 is 0 Å². The molecule has 0 saturated heterocycles. The van der Waals surface area contributed by atoms with Crippen molar-refractivity contribution in [2.24, 2.45) is 5.92 Å². The number of hydrogen-bond donors (Lipinski definition) is 4. The van der Waals surface area contributed by atoms with Crippen LogP contribution in [0.15, 0.2) is 12.3 Å². The molecule has 84 valence electrons. The summed E-state index contributed by atoms with van der Waals surface area (Å²) in [6.07, 6.45) is -1.88. The van der Waals surface area contributed by atoms with Crippen LogP contribution in [0.1, 0.15) is 12.8 Å². The summed E-state index contributed by atoms with van der Waals surface area (Å²) in [5.74, 6) is -1.04. The monoisotopic (exact) mass is 205 g/mol. The Labute approximate surface area is 82.9 Å². The van der Waals surface area contributed by atoms with Crippen molar-refractivity contribution in [2.75, 3.05) is 13.2 Å². The minimum atomic E-state index is -0.989. The number of allylic oxidation sites excluding steroid dienone is 1. The molecule has 0 heterocycles. The van der Waals surface area contributed by atoms with Gasteiger partial charge in [0, 0.05) is 0 Å². The standard InChI is InChI=1S/C9H18O5/c1-6(12)7(2-8(13)4-10)3-9(14)5-11/h7-14H,1-5H2/p-1. The zero-order chi connectivity index (χ0) is 11.1. The van der Waals surface area contributed by atoms with Crippen molar-refractivity contribution in [1.29, 1.82) is 0 Å². The Bertz CT molecular complexity index is 159. The Kier molecular flexibility index (Phi) is 6.48. The van der Waals surface area contributed by atoms with Gasteiger partial charge in [0.05, 0.1) is 25.4 Å². The van der Waals surface area contributed by atoms with Crippen LogP contribution in [0.3, 0.4) is 0 Å². The normalized spacial score (nSPS) is 17.4. The highest BCUT2D eigenvalue weighted by Gasteiger charge is 2.16. The van der Waals surface area contributed by atoms with Crippen LogP contribution in [-0.4, -0.2) is 45.8 Å². The predicted octanol–water partition coefficient (Wildman–Crippen LogP) is -2.04. The largest absolute Gasteiger partial charge is 0.876 e. The molecule has 14 heavy (non-hydrogen) atoms. The van der Waals surface area contributed by atoms with Gasteiger partial charge in [-0.2, -0.15) is 0 Å². The fraction of sp³-hybridized carbons (Fsp3) is 0.778. The van der Waals surface area contributed by atoms with Gasteiger partial charge in [0.1, 0.15) is 0 Å². The summed E-state index contributed by atoms with van der Waals surface area (Å²) in [4.78, 5) is 0. The molecule has 0 aliphatic carbocycles. The Balaban J connectivity index is 4.09. The Hall–Kier alpha value is -0.620. The first-order chi connectivity index (χ1) is 6.51. The highest BCUT2D eigenvalue weighted by atomic mass is 16.3. The van der Waals surface area contributed by atoms with Crippen LogP contribution >= 0.6 is 0 Å². The molecule has 2 atom stereocenters. The lowest BCUT2D eigenvalue weighted by Crippen LogP contribution is -2.27. The van der Waals surface area contributed by atoms with E-state index in [1.165, 1.54) is 0 Å².